The third-order valence-electron chi connectivity index (χ3n) is 1.13. The molecule has 0 fully saturated rings. The fourth-order valence-corrected chi connectivity index (χ4v) is 0.484. The number of ketones is 2. The average molecular weight is 142 g/mol. The zero-order valence-corrected chi connectivity index (χ0v) is 6.09. The van der Waals surface area contributed by atoms with Crippen molar-refractivity contribution in [2.45, 2.75) is 20.3 Å². The van der Waals surface area contributed by atoms with E-state index in [4.69, 9.17) is 0 Å². The summed E-state index contributed by atoms with van der Waals surface area (Å²) < 4.78 is 0. The summed E-state index contributed by atoms with van der Waals surface area (Å²) in [5.74, 6) is -1.29. The van der Waals surface area contributed by atoms with Crippen molar-refractivity contribution < 1.29 is 14.4 Å². The van der Waals surface area contributed by atoms with Gasteiger partial charge in [-0.25, -0.2) is 0 Å². The predicted octanol–water partition coefficient (Wildman–Crippen LogP) is 0.370. The molecule has 56 valence electrons. The third kappa shape index (κ3) is 3.12. The van der Waals surface area contributed by atoms with Gasteiger partial charge in [-0.1, -0.05) is 6.92 Å². The summed E-state index contributed by atoms with van der Waals surface area (Å²) in [5, 5.41) is 0. The van der Waals surface area contributed by atoms with Crippen LogP contribution in [0.1, 0.15) is 20.3 Å². The highest BCUT2D eigenvalue weighted by Gasteiger charge is 2.11. The van der Waals surface area contributed by atoms with Crippen LogP contribution in [0.3, 0.4) is 0 Å². The lowest BCUT2D eigenvalue weighted by molar-refractivity contribution is -0.136. The second-order valence-corrected chi connectivity index (χ2v) is 2.30. The van der Waals surface area contributed by atoms with Crippen LogP contribution in [0.5, 0.6) is 0 Å². The Bertz CT molecular complexity index is 160. The van der Waals surface area contributed by atoms with E-state index in [9.17, 15) is 14.4 Å². The van der Waals surface area contributed by atoms with E-state index in [-0.39, 0.29) is 12.3 Å². The maximum Gasteiger partial charge on any atom is 0.198 e. The van der Waals surface area contributed by atoms with Crippen LogP contribution in [0.2, 0.25) is 0 Å². The standard InChI is InChI=1S/C7H10O3/c1-5(4-8)3-7(10)6(2)9/h4-5H,3H2,1-2H3. The lowest BCUT2D eigenvalue weighted by atomic mass is 10.1. The molecule has 0 bridgehead atoms. The SMILES string of the molecule is CC(=O)C(=O)CC(C)C=O. The molecule has 0 aliphatic carbocycles. The molecule has 0 aromatic carbocycles. The van der Waals surface area contributed by atoms with Crippen LogP contribution in [0, 0.1) is 5.92 Å². The van der Waals surface area contributed by atoms with Crippen LogP contribution in [0.25, 0.3) is 0 Å². The van der Waals surface area contributed by atoms with Crippen molar-refractivity contribution in [1.82, 2.24) is 0 Å². The van der Waals surface area contributed by atoms with Crippen LogP contribution in [-0.4, -0.2) is 17.9 Å². The summed E-state index contributed by atoms with van der Waals surface area (Å²) in [4.78, 5) is 30.9. The Hall–Kier alpha value is -0.990. The van der Waals surface area contributed by atoms with Gasteiger partial charge in [-0.2, -0.15) is 0 Å². The first-order valence-electron chi connectivity index (χ1n) is 3.07. The number of rotatable bonds is 4. The molecule has 10 heavy (non-hydrogen) atoms. The maximum atomic E-state index is 10.6. The molecular weight excluding hydrogens is 132 g/mol. The van der Waals surface area contributed by atoms with E-state index >= 15 is 0 Å². The van der Waals surface area contributed by atoms with Gasteiger partial charge in [0.2, 0.25) is 0 Å². The van der Waals surface area contributed by atoms with Gasteiger partial charge in [-0.15, -0.1) is 0 Å². The molecule has 0 spiro atoms. The van der Waals surface area contributed by atoms with E-state index in [0.29, 0.717) is 6.29 Å². The maximum absolute atomic E-state index is 10.6. The molecule has 3 nitrogen and oxygen atoms in total. The van der Waals surface area contributed by atoms with Crippen LogP contribution in [0.15, 0.2) is 0 Å². The first-order chi connectivity index (χ1) is 4.57. The van der Waals surface area contributed by atoms with Gasteiger partial charge in [0.15, 0.2) is 11.6 Å². The zero-order chi connectivity index (χ0) is 8.15. The zero-order valence-electron chi connectivity index (χ0n) is 6.09. The van der Waals surface area contributed by atoms with Gasteiger partial charge in [0.1, 0.15) is 6.29 Å². The number of carbonyl (C=O) groups excluding carboxylic acids is 3. The Morgan fingerprint density at radius 2 is 2.00 bits per heavy atom. The topological polar surface area (TPSA) is 51.2 Å². The third-order valence-corrected chi connectivity index (χ3v) is 1.13. The van der Waals surface area contributed by atoms with Crippen molar-refractivity contribution >= 4 is 17.9 Å². The minimum Gasteiger partial charge on any atom is -0.303 e. The van der Waals surface area contributed by atoms with E-state index < -0.39 is 11.6 Å². The Labute approximate surface area is 59.4 Å². The van der Waals surface area contributed by atoms with Crippen molar-refractivity contribution in [3.8, 4) is 0 Å². The molecule has 0 radical (unpaired) electrons. The van der Waals surface area contributed by atoms with E-state index in [1.54, 1.807) is 6.92 Å². The van der Waals surface area contributed by atoms with Crippen molar-refractivity contribution in [3.05, 3.63) is 0 Å². The minimum atomic E-state index is -0.478. The van der Waals surface area contributed by atoms with Crippen LogP contribution in [-0.2, 0) is 14.4 Å². The van der Waals surface area contributed by atoms with Gasteiger partial charge in [0, 0.05) is 19.3 Å². The fourth-order valence-electron chi connectivity index (χ4n) is 0.484. The van der Waals surface area contributed by atoms with Gasteiger partial charge in [0.05, 0.1) is 0 Å². The number of hydrogen-bond acceptors (Lipinski definition) is 3. The summed E-state index contributed by atoms with van der Waals surface area (Å²) in [5.41, 5.74) is 0. The smallest absolute Gasteiger partial charge is 0.198 e. The molecule has 1 atom stereocenters. The molecule has 3 heteroatoms. The van der Waals surface area contributed by atoms with Crippen LogP contribution in [0.4, 0.5) is 0 Å². The van der Waals surface area contributed by atoms with Crippen molar-refractivity contribution in [1.29, 1.82) is 0 Å². The van der Waals surface area contributed by atoms with Gasteiger partial charge in [-0.05, 0) is 0 Å². The van der Waals surface area contributed by atoms with Gasteiger partial charge in [0.25, 0.3) is 0 Å². The summed E-state index contributed by atoms with van der Waals surface area (Å²) >= 11 is 0. The summed E-state index contributed by atoms with van der Waals surface area (Å²) in [6.45, 7) is 2.81. The van der Waals surface area contributed by atoms with Gasteiger partial charge in [-0.3, -0.25) is 9.59 Å². The highest BCUT2D eigenvalue weighted by molar-refractivity contribution is 6.36. The van der Waals surface area contributed by atoms with Crippen LogP contribution >= 0.6 is 0 Å². The first kappa shape index (κ1) is 9.01. The molecule has 0 saturated heterocycles. The molecule has 0 heterocycles. The van der Waals surface area contributed by atoms with Crippen molar-refractivity contribution in [3.63, 3.8) is 0 Å². The van der Waals surface area contributed by atoms with E-state index in [1.165, 1.54) is 6.92 Å². The quantitative estimate of drug-likeness (QED) is 0.421. The molecule has 0 rings (SSSR count). The molecule has 1 unspecified atom stereocenters. The first-order valence-corrected chi connectivity index (χ1v) is 3.07. The van der Waals surface area contributed by atoms with E-state index in [1.807, 2.05) is 0 Å². The van der Waals surface area contributed by atoms with Crippen LogP contribution < -0.4 is 0 Å². The highest BCUT2D eigenvalue weighted by atomic mass is 16.2. The predicted molar refractivity (Wildman–Crippen MR) is 35.5 cm³/mol. The monoisotopic (exact) mass is 142 g/mol. The average Bonchev–Trinajstić information content (AvgIpc) is 1.87. The second-order valence-electron chi connectivity index (χ2n) is 2.30. The lowest BCUT2D eigenvalue weighted by Gasteiger charge is -1.97. The Morgan fingerprint density at radius 1 is 1.50 bits per heavy atom. The fraction of sp³-hybridized carbons (Fsp3) is 0.571. The number of Topliss-reactive ketones (excluding diaryl/α,β-unsaturated/α-hetero) is 2. The summed E-state index contributed by atoms with van der Waals surface area (Å²) in [6.07, 6.45) is 0.708. The molecule has 0 aromatic heterocycles. The normalized spacial score (nSPS) is 12.2. The molecule has 0 amide bonds. The number of aldehydes is 1. The molecular formula is C7H10O3. The Morgan fingerprint density at radius 3 is 2.30 bits per heavy atom. The second kappa shape index (κ2) is 3.93. The largest absolute Gasteiger partial charge is 0.303 e. The highest BCUT2D eigenvalue weighted by Crippen LogP contribution is 1.98. The molecule has 0 saturated carbocycles. The minimum absolute atomic E-state index is 0.0405. The van der Waals surface area contributed by atoms with Crippen molar-refractivity contribution in [2.75, 3.05) is 0 Å². The number of carbonyl (C=O) groups is 3. The summed E-state index contributed by atoms with van der Waals surface area (Å²) in [6, 6.07) is 0. The molecule has 0 aromatic rings. The molecule has 0 aliphatic heterocycles. The number of hydrogen-bond donors (Lipinski definition) is 0. The summed E-state index contributed by atoms with van der Waals surface area (Å²) in [7, 11) is 0. The van der Waals surface area contributed by atoms with E-state index in [0.717, 1.165) is 0 Å². The van der Waals surface area contributed by atoms with Gasteiger partial charge < -0.3 is 4.79 Å². The van der Waals surface area contributed by atoms with E-state index in [2.05, 4.69) is 0 Å². The van der Waals surface area contributed by atoms with Crippen molar-refractivity contribution in [2.24, 2.45) is 5.92 Å². The Balaban J connectivity index is 3.79. The Kier molecular flexibility index (Phi) is 3.54. The molecule has 0 aliphatic rings. The lowest BCUT2D eigenvalue weighted by Crippen LogP contribution is -2.13. The molecule has 0 N–H and O–H groups in total. The van der Waals surface area contributed by atoms with Gasteiger partial charge >= 0.3 is 0 Å².